The van der Waals surface area contributed by atoms with E-state index in [4.69, 9.17) is 4.84 Å². The average Bonchev–Trinajstić information content (AvgIpc) is 2.71. The molecule has 0 saturated carbocycles. The maximum Gasteiger partial charge on any atom is 0.417 e. The molecular weight excluding hydrogens is 425 g/mol. The van der Waals surface area contributed by atoms with Gasteiger partial charge in [0, 0.05) is 36.3 Å². The van der Waals surface area contributed by atoms with Crippen LogP contribution in [-0.4, -0.2) is 34.1 Å². The minimum atomic E-state index is -4.78. The van der Waals surface area contributed by atoms with Gasteiger partial charge in [-0.05, 0) is 30.0 Å². The standard InChI is InChI=1S/C22H21F3N4O3/c1-12-8-16(9-19(27-12)28-14(3)30)13(2)20(22(23,24)25)32-29-21(31)18-11-26-10-15-6-4-5-7-17(15)18/h4-11,13,20H,1-3H3,(H,29,31)(H,27,28,30). The van der Waals surface area contributed by atoms with Crippen molar-refractivity contribution in [3.05, 3.63) is 65.6 Å². The minimum absolute atomic E-state index is 0.0874. The van der Waals surface area contributed by atoms with E-state index in [2.05, 4.69) is 15.3 Å². The number of nitrogens with zero attached hydrogens (tertiary/aromatic N) is 2. The second-order valence-corrected chi connectivity index (χ2v) is 7.32. The van der Waals surface area contributed by atoms with Crippen molar-refractivity contribution in [1.82, 2.24) is 15.4 Å². The number of aryl methyl sites for hydroxylation is 1. The molecule has 0 bridgehead atoms. The molecule has 2 amide bonds. The van der Waals surface area contributed by atoms with E-state index >= 15 is 0 Å². The highest BCUT2D eigenvalue weighted by molar-refractivity contribution is 6.06. The van der Waals surface area contributed by atoms with Crippen LogP contribution in [0.1, 0.15) is 41.4 Å². The third-order valence-electron chi connectivity index (χ3n) is 4.77. The van der Waals surface area contributed by atoms with Crippen LogP contribution in [0.4, 0.5) is 19.0 Å². The highest BCUT2D eigenvalue weighted by Gasteiger charge is 2.46. The number of hydroxylamine groups is 1. The smallest absolute Gasteiger partial charge is 0.311 e. The molecule has 1 aromatic carbocycles. The highest BCUT2D eigenvalue weighted by Crippen LogP contribution is 2.34. The summed E-state index contributed by atoms with van der Waals surface area (Å²) in [6.45, 7) is 4.18. The predicted octanol–water partition coefficient (Wildman–Crippen LogP) is 4.29. The van der Waals surface area contributed by atoms with Gasteiger partial charge in [0.25, 0.3) is 5.91 Å². The Labute approximate surface area is 182 Å². The summed E-state index contributed by atoms with van der Waals surface area (Å²) in [7, 11) is 0. The molecule has 2 unspecified atom stereocenters. The zero-order valence-electron chi connectivity index (χ0n) is 17.5. The van der Waals surface area contributed by atoms with Crippen LogP contribution in [0.2, 0.25) is 0 Å². The van der Waals surface area contributed by atoms with Gasteiger partial charge >= 0.3 is 6.18 Å². The molecule has 2 N–H and O–H groups in total. The Balaban J connectivity index is 1.84. The number of pyridine rings is 2. The van der Waals surface area contributed by atoms with Crippen LogP contribution >= 0.6 is 0 Å². The number of carbonyl (C=O) groups excluding carboxylic acids is 2. The molecule has 3 rings (SSSR count). The van der Waals surface area contributed by atoms with Gasteiger partial charge in [-0.1, -0.05) is 31.2 Å². The number of amides is 2. The van der Waals surface area contributed by atoms with E-state index < -0.39 is 30.0 Å². The topological polar surface area (TPSA) is 93.2 Å². The van der Waals surface area contributed by atoms with Crippen molar-refractivity contribution in [2.75, 3.05) is 5.32 Å². The monoisotopic (exact) mass is 446 g/mol. The van der Waals surface area contributed by atoms with Crippen LogP contribution in [0, 0.1) is 6.92 Å². The number of benzene rings is 1. The maximum atomic E-state index is 13.8. The first-order valence-electron chi connectivity index (χ1n) is 9.68. The van der Waals surface area contributed by atoms with Gasteiger partial charge in [-0.15, -0.1) is 0 Å². The van der Waals surface area contributed by atoms with Crippen molar-refractivity contribution in [2.45, 2.75) is 39.0 Å². The third kappa shape index (κ3) is 5.38. The molecule has 2 heterocycles. The molecule has 0 aliphatic carbocycles. The van der Waals surface area contributed by atoms with Gasteiger partial charge < -0.3 is 5.32 Å². The fourth-order valence-electron chi connectivity index (χ4n) is 3.30. The highest BCUT2D eigenvalue weighted by atomic mass is 19.4. The van der Waals surface area contributed by atoms with E-state index in [9.17, 15) is 22.8 Å². The zero-order chi connectivity index (χ0) is 23.5. The fraction of sp³-hybridized carbons (Fsp3) is 0.273. The van der Waals surface area contributed by atoms with Crippen LogP contribution in [0.3, 0.4) is 0 Å². The number of alkyl halides is 3. The lowest BCUT2D eigenvalue weighted by atomic mass is 9.95. The lowest BCUT2D eigenvalue weighted by Gasteiger charge is -2.26. The van der Waals surface area contributed by atoms with Gasteiger partial charge in [-0.25, -0.2) is 10.5 Å². The van der Waals surface area contributed by atoms with E-state index in [1.54, 1.807) is 37.4 Å². The molecular formula is C22H21F3N4O3. The van der Waals surface area contributed by atoms with Gasteiger partial charge in [0.15, 0.2) is 6.10 Å². The molecule has 168 valence electrons. The number of hydrogen-bond donors (Lipinski definition) is 2. The molecule has 0 saturated heterocycles. The number of halogens is 3. The second-order valence-electron chi connectivity index (χ2n) is 7.32. The van der Waals surface area contributed by atoms with Crippen LogP contribution < -0.4 is 10.8 Å². The Bertz CT molecular complexity index is 1150. The summed E-state index contributed by atoms with van der Waals surface area (Å²) in [6, 6.07) is 9.68. The quantitative estimate of drug-likeness (QED) is 0.551. The Morgan fingerprint density at radius 1 is 1.12 bits per heavy atom. The molecule has 10 heteroatoms. The molecule has 0 spiro atoms. The first-order chi connectivity index (χ1) is 15.1. The Morgan fingerprint density at radius 3 is 2.53 bits per heavy atom. The number of carbonyl (C=O) groups is 2. The summed E-state index contributed by atoms with van der Waals surface area (Å²) in [5, 5.41) is 3.66. The summed E-state index contributed by atoms with van der Waals surface area (Å²) in [4.78, 5) is 36.8. The largest absolute Gasteiger partial charge is 0.417 e. The summed E-state index contributed by atoms with van der Waals surface area (Å²) in [5.41, 5.74) is 2.67. The van der Waals surface area contributed by atoms with E-state index in [0.29, 0.717) is 16.5 Å². The molecule has 3 aromatic rings. The number of nitrogens with one attached hydrogen (secondary N) is 2. The van der Waals surface area contributed by atoms with E-state index in [1.165, 1.54) is 32.2 Å². The number of aromatic nitrogens is 2. The molecule has 0 aliphatic heterocycles. The van der Waals surface area contributed by atoms with Crippen molar-refractivity contribution in [3.63, 3.8) is 0 Å². The van der Waals surface area contributed by atoms with E-state index in [0.717, 1.165) is 0 Å². The van der Waals surface area contributed by atoms with Crippen molar-refractivity contribution in [3.8, 4) is 0 Å². The zero-order valence-corrected chi connectivity index (χ0v) is 17.5. The van der Waals surface area contributed by atoms with Crippen LogP contribution in [-0.2, 0) is 9.63 Å². The van der Waals surface area contributed by atoms with Gasteiger partial charge in [0.05, 0.1) is 5.56 Å². The van der Waals surface area contributed by atoms with Gasteiger partial charge in [-0.3, -0.25) is 19.4 Å². The van der Waals surface area contributed by atoms with Crippen molar-refractivity contribution >= 4 is 28.4 Å². The molecule has 0 fully saturated rings. The van der Waals surface area contributed by atoms with Crippen molar-refractivity contribution in [2.24, 2.45) is 0 Å². The fourth-order valence-corrected chi connectivity index (χ4v) is 3.30. The van der Waals surface area contributed by atoms with Crippen molar-refractivity contribution < 1.29 is 27.6 Å². The minimum Gasteiger partial charge on any atom is -0.311 e. The molecule has 2 aromatic heterocycles. The summed E-state index contributed by atoms with van der Waals surface area (Å²) >= 11 is 0. The van der Waals surface area contributed by atoms with Gasteiger partial charge in [0.2, 0.25) is 5.91 Å². The van der Waals surface area contributed by atoms with Crippen molar-refractivity contribution in [1.29, 1.82) is 0 Å². The van der Waals surface area contributed by atoms with E-state index in [-0.39, 0.29) is 16.9 Å². The predicted molar refractivity (Wildman–Crippen MR) is 112 cm³/mol. The first-order valence-corrected chi connectivity index (χ1v) is 9.68. The van der Waals surface area contributed by atoms with Gasteiger partial charge in [0.1, 0.15) is 5.82 Å². The number of rotatable bonds is 6. The van der Waals surface area contributed by atoms with Gasteiger partial charge in [-0.2, -0.15) is 13.2 Å². The molecule has 0 radical (unpaired) electrons. The summed E-state index contributed by atoms with van der Waals surface area (Å²) in [6.07, 6.45) is -4.32. The van der Waals surface area contributed by atoms with Crippen LogP contribution in [0.15, 0.2) is 48.8 Å². The number of anilines is 1. The third-order valence-corrected chi connectivity index (χ3v) is 4.77. The normalized spacial score (nSPS) is 13.4. The molecule has 2 atom stereocenters. The molecule has 0 aliphatic rings. The summed E-state index contributed by atoms with van der Waals surface area (Å²) < 4.78 is 41.4. The maximum absolute atomic E-state index is 13.8. The second kappa shape index (κ2) is 9.31. The van der Waals surface area contributed by atoms with Crippen LogP contribution in [0.25, 0.3) is 10.8 Å². The average molecular weight is 446 g/mol. The van der Waals surface area contributed by atoms with E-state index in [1.807, 2.05) is 5.48 Å². The SMILES string of the molecule is CC(=O)Nc1cc(C(C)C(ONC(=O)c2cncc3ccccc23)C(F)(F)F)cc(C)n1. The lowest BCUT2D eigenvalue weighted by molar-refractivity contribution is -0.238. The Morgan fingerprint density at radius 2 is 1.84 bits per heavy atom. The molecule has 7 nitrogen and oxygen atoms in total. The Hall–Kier alpha value is -3.53. The Kier molecular flexibility index (Phi) is 6.73. The summed E-state index contributed by atoms with van der Waals surface area (Å²) in [5.74, 6) is -2.33. The molecule has 32 heavy (non-hydrogen) atoms. The number of hydrogen-bond acceptors (Lipinski definition) is 5. The van der Waals surface area contributed by atoms with Crippen LogP contribution in [0.5, 0.6) is 0 Å². The number of fused-ring (bicyclic) bond motifs is 1. The lowest BCUT2D eigenvalue weighted by Crippen LogP contribution is -2.42. The first kappa shape index (κ1) is 23.1.